The molecule has 0 spiro atoms. The lowest BCUT2D eigenvalue weighted by Gasteiger charge is -2.15. The normalized spacial score (nSPS) is 22.0. The number of fused-ring (bicyclic) bond motifs is 2. The molecule has 2 unspecified atom stereocenters. The van der Waals surface area contributed by atoms with E-state index in [1.807, 2.05) is 48.5 Å². The van der Waals surface area contributed by atoms with Crippen molar-refractivity contribution in [1.82, 2.24) is 0 Å². The van der Waals surface area contributed by atoms with Crippen LogP contribution < -0.4 is 0 Å². The Morgan fingerprint density at radius 3 is 2.17 bits per heavy atom. The van der Waals surface area contributed by atoms with Gasteiger partial charge >= 0.3 is 0 Å². The van der Waals surface area contributed by atoms with Gasteiger partial charge in [0, 0.05) is 11.5 Å². The summed E-state index contributed by atoms with van der Waals surface area (Å²) in [6.45, 7) is 2.13. The maximum atomic E-state index is 10.3. The lowest BCUT2D eigenvalue weighted by Crippen LogP contribution is -2.12. The van der Waals surface area contributed by atoms with Crippen LogP contribution in [0.1, 0.15) is 41.2 Å². The van der Waals surface area contributed by atoms with Gasteiger partial charge in [-0.05, 0) is 16.7 Å². The third kappa shape index (κ3) is 1.50. The Labute approximate surface area is 106 Å². The van der Waals surface area contributed by atoms with E-state index >= 15 is 0 Å². The van der Waals surface area contributed by atoms with Crippen LogP contribution in [0, 0.1) is 5.41 Å². The molecule has 0 bridgehead atoms. The highest BCUT2D eigenvalue weighted by Gasteiger charge is 2.28. The minimum absolute atomic E-state index is 0.204. The third-order valence-corrected chi connectivity index (χ3v) is 3.75. The highest BCUT2D eigenvalue weighted by molar-refractivity contribution is 6.04. The van der Waals surface area contributed by atoms with Crippen molar-refractivity contribution < 1.29 is 5.11 Å². The summed E-state index contributed by atoms with van der Waals surface area (Å²) in [7, 11) is 0. The van der Waals surface area contributed by atoms with E-state index in [-0.39, 0.29) is 5.92 Å². The Balaban J connectivity index is 2.31. The first-order valence-electron chi connectivity index (χ1n) is 6.14. The molecule has 0 fully saturated rings. The summed E-state index contributed by atoms with van der Waals surface area (Å²) < 4.78 is 0. The van der Waals surface area contributed by atoms with Gasteiger partial charge in [0.15, 0.2) is 0 Å². The van der Waals surface area contributed by atoms with E-state index in [0.29, 0.717) is 5.71 Å². The van der Waals surface area contributed by atoms with Crippen LogP contribution in [-0.2, 0) is 0 Å². The van der Waals surface area contributed by atoms with Gasteiger partial charge in [0.2, 0.25) is 0 Å². The number of rotatable bonds is 0. The molecule has 18 heavy (non-hydrogen) atoms. The summed E-state index contributed by atoms with van der Waals surface area (Å²) in [5, 5.41) is 18.5. The second-order valence-electron chi connectivity index (χ2n) is 4.75. The van der Waals surface area contributed by atoms with Gasteiger partial charge in [-0.3, -0.25) is 0 Å². The monoisotopic (exact) mass is 237 g/mol. The van der Waals surface area contributed by atoms with Crippen LogP contribution in [0.5, 0.6) is 0 Å². The Kier molecular flexibility index (Phi) is 2.53. The summed E-state index contributed by atoms with van der Waals surface area (Å²) in [5.41, 5.74) is 4.23. The zero-order valence-corrected chi connectivity index (χ0v) is 10.2. The average Bonchev–Trinajstić information content (AvgIpc) is 2.51. The zero-order valence-electron chi connectivity index (χ0n) is 10.2. The summed E-state index contributed by atoms with van der Waals surface area (Å²) in [4.78, 5) is 0. The fourth-order valence-corrected chi connectivity index (χ4v) is 2.74. The van der Waals surface area contributed by atoms with Crippen LogP contribution >= 0.6 is 0 Å². The predicted molar refractivity (Wildman–Crippen MR) is 72.2 cm³/mol. The standard InChI is InChI=1S/C16H15NO/c1-10-11-6-2-4-8-13(11)15(17)16(18)14-9-5-3-7-12(10)14/h2-10,16-18H,1H3. The topological polar surface area (TPSA) is 44.1 Å². The number of aliphatic hydroxyl groups is 1. The van der Waals surface area contributed by atoms with E-state index in [4.69, 9.17) is 5.41 Å². The SMILES string of the molecule is CC1c2ccccc2C(=N)C(O)c2ccccc21. The number of aliphatic hydroxyl groups excluding tert-OH is 1. The van der Waals surface area contributed by atoms with Crippen LogP contribution in [0.3, 0.4) is 0 Å². The molecule has 2 N–H and O–H groups in total. The molecule has 2 aromatic carbocycles. The van der Waals surface area contributed by atoms with Gasteiger partial charge in [-0.1, -0.05) is 55.5 Å². The molecule has 3 rings (SSSR count). The molecule has 2 aromatic rings. The van der Waals surface area contributed by atoms with Gasteiger partial charge in [0.25, 0.3) is 0 Å². The molecule has 0 radical (unpaired) electrons. The maximum absolute atomic E-state index is 10.3. The van der Waals surface area contributed by atoms with E-state index in [2.05, 4.69) is 6.92 Å². The molecule has 2 nitrogen and oxygen atoms in total. The maximum Gasteiger partial charge on any atom is 0.121 e. The highest BCUT2D eigenvalue weighted by atomic mass is 16.3. The van der Waals surface area contributed by atoms with Crippen molar-refractivity contribution >= 4 is 5.71 Å². The van der Waals surface area contributed by atoms with Crippen molar-refractivity contribution in [3.63, 3.8) is 0 Å². The van der Waals surface area contributed by atoms with Gasteiger partial charge in [-0.2, -0.15) is 0 Å². The first-order valence-corrected chi connectivity index (χ1v) is 6.14. The largest absolute Gasteiger partial charge is 0.382 e. The molecule has 0 saturated heterocycles. The third-order valence-electron chi connectivity index (χ3n) is 3.75. The van der Waals surface area contributed by atoms with Crippen molar-refractivity contribution in [2.45, 2.75) is 18.9 Å². The molecule has 1 aliphatic rings. The lowest BCUT2D eigenvalue weighted by molar-refractivity contribution is 0.246. The van der Waals surface area contributed by atoms with E-state index in [9.17, 15) is 5.11 Å². The van der Waals surface area contributed by atoms with Gasteiger partial charge in [0.05, 0.1) is 5.71 Å². The second-order valence-corrected chi connectivity index (χ2v) is 4.75. The average molecular weight is 237 g/mol. The van der Waals surface area contributed by atoms with Crippen LogP contribution in [0.4, 0.5) is 0 Å². The molecule has 1 aliphatic carbocycles. The van der Waals surface area contributed by atoms with Crippen LogP contribution in [0.15, 0.2) is 48.5 Å². The van der Waals surface area contributed by atoms with Gasteiger partial charge in [-0.15, -0.1) is 0 Å². The van der Waals surface area contributed by atoms with Crippen molar-refractivity contribution in [3.8, 4) is 0 Å². The molecule has 0 amide bonds. The molecule has 0 aliphatic heterocycles. The van der Waals surface area contributed by atoms with Crippen molar-refractivity contribution in [2.24, 2.45) is 0 Å². The number of hydrogen-bond donors (Lipinski definition) is 2. The molecule has 90 valence electrons. The second kappa shape index (κ2) is 4.07. The highest BCUT2D eigenvalue weighted by Crippen LogP contribution is 2.37. The summed E-state index contributed by atoms with van der Waals surface area (Å²) in [6.07, 6.45) is -0.827. The smallest absolute Gasteiger partial charge is 0.121 e. The lowest BCUT2D eigenvalue weighted by atomic mass is 9.90. The van der Waals surface area contributed by atoms with E-state index < -0.39 is 6.10 Å². The fraction of sp³-hybridized carbons (Fsp3) is 0.188. The Morgan fingerprint density at radius 2 is 1.44 bits per heavy atom. The molecule has 0 heterocycles. The molecular weight excluding hydrogens is 222 g/mol. The van der Waals surface area contributed by atoms with E-state index in [1.54, 1.807) is 0 Å². The van der Waals surface area contributed by atoms with Gasteiger partial charge < -0.3 is 10.5 Å². The molecule has 0 saturated carbocycles. The van der Waals surface area contributed by atoms with Crippen LogP contribution in [-0.4, -0.2) is 10.8 Å². The van der Waals surface area contributed by atoms with Crippen molar-refractivity contribution in [1.29, 1.82) is 5.41 Å². The quantitative estimate of drug-likeness (QED) is 0.725. The predicted octanol–water partition coefficient (Wildman–Crippen LogP) is 3.25. The molecule has 2 heteroatoms. The van der Waals surface area contributed by atoms with Crippen molar-refractivity contribution in [2.75, 3.05) is 0 Å². The van der Waals surface area contributed by atoms with Crippen LogP contribution in [0.25, 0.3) is 0 Å². The summed E-state index contributed by atoms with van der Waals surface area (Å²) >= 11 is 0. The Bertz CT molecular complexity index is 618. The number of benzene rings is 2. The van der Waals surface area contributed by atoms with E-state index in [1.165, 1.54) is 0 Å². The molecular formula is C16H15NO. The summed E-state index contributed by atoms with van der Waals surface area (Å²) in [5.74, 6) is 0.204. The number of nitrogens with one attached hydrogen (secondary N) is 1. The van der Waals surface area contributed by atoms with Crippen molar-refractivity contribution in [3.05, 3.63) is 70.8 Å². The fourth-order valence-electron chi connectivity index (χ4n) is 2.74. The van der Waals surface area contributed by atoms with Crippen LogP contribution in [0.2, 0.25) is 0 Å². The van der Waals surface area contributed by atoms with Gasteiger partial charge in [-0.25, -0.2) is 0 Å². The number of hydrogen-bond acceptors (Lipinski definition) is 2. The Hall–Kier alpha value is -1.93. The summed E-state index contributed by atoms with van der Waals surface area (Å²) in [6, 6.07) is 15.7. The van der Waals surface area contributed by atoms with Gasteiger partial charge in [0.1, 0.15) is 6.10 Å². The minimum Gasteiger partial charge on any atom is -0.382 e. The minimum atomic E-state index is -0.827. The molecule has 0 aromatic heterocycles. The first kappa shape index (κ1) is 11.2. The molecule has 2 atom stereocenters. The van der Waals surface area contributed by atoms with E-state index in [0.717, 1.165) is 22.3 Å². The Morgan fingerprint density at radius 1 is 0.889 bits per heavy atom. The first-order chi connectivity index (χ1) is 8.70. The zero-order chi connectivity index (χ0) is 12.7.